The summed E-state index contributed by atoms with van der Waals surface area (Å²) in [7, 11) is 0. The SMILES string of the molecule is CCN(CC)c1nc(Cl)nc(NCC2CCC2)n1. The largest absolute Gasteiger partial charge is 0.354 e. The van der Waals surface area contributed by atoms with Crippen LogP contribution in [0.3, 0.4) is 0 Å². The topological polar surface area (TPSA) is 53.9 Å². The van der Waals surface area contributed by atoms with Crippen LogP contribution >= 0.6 is 11.6 Å². The van der Waals surface area contributed by atoms with Crippen molar-refractivity contribution in [1.29, 1.82) is 0 Å². The standard InChI is InChI=1S/C12H20ClN5/c1-3-18(4-2)12-16-10(13)15-11(17-12)14-8-9-6-5-7-9/h9H,3-8H2,1-2H3,(H,14,15,16,17). The highest BCUT2D eigenvalue weighted by Gasteiger charge is 2.18. The number of hydrogen-bond donors (Lipinski definition) is 1. The van der Waals surface area contributed by atoms with Crippen molar-refractivity contribution in [3.63, 3.8) is 0 Å². The molecule has 100 valence electrons. The highest BCUT2D eigenvalue weighted by molar-refractivity contribution is 6.28. The molecule has 1 aliphatic carbocycles. The average molecular weight is 270 g/mol. The van der Waals surface area contributed by atoms with Gasteiger partial charge in [-0.3, -0.25) is 0 Å². The van der Waals surface area contributed by atoms with E-state index < -0.39 is 0 Å². The quantitative estimate of drug-likeness (QED) is 0.860. The van der Waals surface area contributed by atoms with Gasteiger partial charge < -0.3 is 10.2 Å². The van der Waals surface area contributed by atoms with E-state index in [9.17, 15) is 0 Å². The molecular weight excluding hydrogens is 250 g/mol. The molecule has 0 saturated heterocycles. The summed E-state index contributed by atoms with van der Waals surface area (Å²) in [6.07, 6.45) is 3.94. The van der Waals surface area contributed by atoms with Crippen LogP contribution in [-0.2, 0) is 0 Å². The van der Waals surface area contributed by atoms with Crippen molar-refractivity contribution >= 4 is 23.5 Å². The van der Waals surface area contributed by atoms with Gasteiger partial charge in [0.2, 0.25) is 17.2 Å². The van der Waals surface area contributed by atoms with Gasteiger partial charge in [-0.25, -0.2) is 0 Å². The van der Waals surface area contributed by atoms with Gasteiger partial charge in [0.25, 0.3) is 0 Å². The molecule has 6 heteroatoms. The maximum atomic E-state index is 5.94. The summed E-state index contributed by atoms with van der Waals surface area (Å²) >= 11 is 5.94. The normalized spacial score (nSPS) is 15.3. The van der Waals surface area contributed by atoms with Crippen LogP contribution in [-0.4, -0.2) is 34.6 Å². The molecule has 1 aliphatic rings. The van der Waals surface area contributed by atoms with Crippen molar-refractivity contribution in [2.75, 3.05) is 29.9 Å². The lowest BCUT2D eigenvalue weighted by molar-refractivity contribution is 0.333. The van der Waals surface area contributed by atoms with E-state index in [4.69, 9.17) is 11.6 Å². The second kappa shape index (κ2) is 6.18. The van der Waals surface area contributed by atoms with Gasteiger partial charge in [-0.2, -0.15) is 15.0 Å². The van der Waals surface area contributed by atoms with Crippen LogP contribution in [0.15, 0.2) is 0 Å². The van der Waals surface area contributed by atoms with E-state index in [0.717, 1.165) is 25.6 Å². The minimum absolute atomic E-state index is 0.253. The molecule has 5 nitrogen and oxygen atoms in total. The highest BCUT2D eigenvalue weighted by Crippen LogP contribution is 2.26. The molecule has 0 aromatic carbocycles. The Kier molecular flexibility index (Phi) is 4.58. The molecule has 1 heterocycles. The highest BCUT2D eigenvalue weighted by atomic mass is 35.5. The van der Waals surface area contributed by atoms with Crippen molar-refractivity contribution in [2.24, 2.45) is 5.92 Å². The third-order valence-electron chi connectivity index (χ3n) is 3.42. The Morgan fingerprint density at radius 2 is 1.94 bits per heavy atom. The smallest absolute Gasteiger partial charge is 0.231 e. The van der Waals surface area contributed by atoms with E-state index in [2.05, 4.69) is 39.0 Å². The van der Waals surface area contributed by atoms with Gasteiger partial charge in [0.05, 0.1) is 0 Å². The van der Waals surface area contributed by atoms with E-state index in [0.29, 0.717) is 11.9 Å². The summed E-state index contributed by atoms with van der Waals surface area (Å²) in [6, 6.07) is 0. The number of anilines is 2. The lowest BCUT2D eigenvalue weighted by atomic mass is 9.85. The summed E-state index contributed by atoms with van der Waals surface area (Å²) in [5, 5.41) is 3.51. The van der Waals surface area contributed by atoms with Crippen molar-refractivity contribution in [1.82, 2.24) is 15.0 Å². The summed E-state index contributed by atoms with van der Waals surface area (Å²) in [5.74, 6) is 2.00. The Hall–Kier alpha value is -1.10. The fraction of sp³-hybridized carbons (Fsp3) is 0.750. The summed E-state index contributed by atoms with van der Waals surface area (Å²) in [6.45, 7) is 6.79. The summed E-state index contributed by atoms with van der Waals surface area (Å²) in [5.41, 5.74) is 0. The van der Waals surface area contributed by atoms with Crippen molar-refractivity contribution < 1.29 is 0 Å². The first-order chi connectivity index (χ1) is 8.72. The maximum absolute atomic E-state index is 5.94. The Morgan fingerprint density at radius 3 is 2.50 bits per heavy atom. The molecule has 0 spiro atoms. The summed E-state index contributed by atoms with van der Waals surface area (Å²) < 4.78 is 0. The zero-order valence-electron chi connectivity index (χ0n) is 11.0. The molecule has 0 atom stereocenters. The number of rotatable bonds is 6. The van der Waals surface area contributed by atoms with E-state index >= 15 is 0 Å². The van der Waals surface area contributed by atoms with Gasteiger partial charge in [0.15, 0.2) is 0 Å². The Bertz CT molecular complexity index is 390. The number of hydrogen-bond acceptors (Lipinski definition) is 5. The molecule has 2 rings (SSSR count). The van der Waals surface area contributed by atoms with Crippen LogP contribution in [0.4, 0.5) is 11.9 Å². The number of aromatic nitrogens is 3. The molecule has 18 heavy (non-hydrogen) atoms. The van der Waals surface area contributed by atoms with Crippen molar-refractivity contribution in [3.05, 3.63) is 5.28 Å². The first kappa shape index (κ1) is 13.3. The Balaban J connectivity index is 2.04. The van der Waals surface area contributed by atoms with Gasteiger partial charge in [-0.15, -0.1) is 0 Å². The monoisotopic (exact) mass is 269 g/mol. The van der Waals surface area contributed by atoms with Gasteiger partial charge in [0, 0.05) is 19.6 Å². The lowest BCUT2D eigenvalue weighted by Gasteiger charge is -2.25. The van der Waals surface area contributed by atoms with Gasteiger partial charge >= 0.3 is 0 Å². The molecule has 1 N–H and O–H groups in total. The zero-order chi connectivity index (χ0) is 13.0. The van der Waals surface area contributed by atoms with Gasteiger partial charge in [0.1, 0.15) is 0 Å². The molecule has 0 amide bonds. The third kappa shape index (κ3) is 3.22. The molecule has 1 aromatic rings. The van der Waals surface area contributed by atoms with Crippen LogP contribution < -0.4 is 10.2 Å². The van der Waals surface area contributed by atoms with E-state index in [1.807, 2.05) is 0 Å². The lowest BCUT2D eigenvalue weighted by Crippen LogP contribution is -2.26. The molecule has 0 bridgehead atoms. The molecule has 0 unspecified atom stereocenters. The fourth-order valence-corrected chi connectivity index (χ4v) is 2.15. The Labute approximate surface area is 113 Å². The molecule has 1 saturated carbocycles. The van der Waals surface area contributed by atoms with Crippen molar-refractivity contribution in [2.45, 2.75) is 33.1 Å². The molecule has 1 fully saturated rings. The van der Waals surface area contributed by atoms with Crippen LogP contribution in [0.2, 0.25) is 5.28 Å². The van der Waals surface area contributed by atoms with E-state index in [1.165, 1.54) is 19.3 Å². The summed E-state index contributed by atoms with van der Waals surface area (Å²) in [4.78, 5) is 14.8. The second-order valence-electron chi connectivity index (χ2n) is 4.58. The first-order valence-electron chi connectivity index (χ1n) is 6.63. The van der Waals surface area contributed by atoms with E-state index in [-0.39, 0.29) is 5.28 Å². The van der Waals surface area contributed by atoms with Crippen LogP contribution in [0.1, 0.15) is 33.1 Å². The van der Waals surface area contributed by atoms with Crippen LogP contribution in [0, 0.1) is 5.92 Å². The third-order valence-corrected chi connectivity index (χ3v) is 3.59. The zero-order valence-corrected chi connectivity index (χ0v) is 11.7. The van der Waals surface area contributed by atoms with Crippen molar-refractivity contribution in [3.8, 4) is 0 Å². The Morgan fingerprint density at radius 1 is 1.22 bits per heavy atom. The van der Waals surface area contributed by atoms with Gasteiger partial charge in [-0.05, 0) is 44.2 Å². The second-order valence-corrected chi connectivity index (χ2v) is 4.92. The number of nitrogens with zero attached hydrogens (tertiary/aromatic N) is 4. The fourth-order valence-electron chi connectivity index (χ4n) is 2.00. The minimum Gasteiger partial charge on any atom is -0.354 e. The van der Waals surface area contributed by atoms with Gasteiger partial charge in [-0.1, -0.05) is 6.42 Å². The predicted octanol–water partition coefficient (Wildman–Crippen LogP) is 2.58. The molecule has 1 aromatic heterocycles. The number of halogens is 1. The molecule has 0 aliphatic heterocycles. The van der Waals surface area contributed by atoms with E-state index in [1.54, 1.807) is 0 Å². The molecule has 0 radical (unpaired) electrons. The number of nitrogens with one attached hydrogen (secondary N) is 1. The molecular formula is C12H20ClN5. The minimum atomic E-state index is 0.253. The van der Waals surface area contributed by atoms with Crippen LogP contribution in [0.5, 0.6) is 0 Å². The maximum Gasteiger partial charge on any atom is 0.231 e. The van der Waals surface area contributed by atoms with Crippen LogP contribution in [0.25, 0.3) is 0 Å². The predicted molar refractivity (Wildman–Crippen MR) is 74.2 cm³/mol. The average Bonchev–Trinajstić information content (AvgIpc) is 2.28. The first-order valence-corrected chi connectivity index (χ1v) is 7.01.